The van der Waals surface area contributed by atoms with Crippen LogP contribution < -0.4 is 5.32 Å². The number of rotatable bonds is 2. The van der Waals surface area contributed by atoms with Crippen molar-refractivity contribution in [2.24, 2.45) is 5.92 Å². The summed E-state index contributed by atoms with van der Waals surface area (Å²) in [7, 11) is 0. The molecule has 1 N–H and O–H groups in total. The molecule has 0 aliphatic heterocycles. The summed E-state index contributed by atoms with van der Waals surface area (Å²) in [4.78, 5) is 0. The van der Waals surface area contributed by atoms with Crippen molar-refractivity contribution < 1.29 is 17.6 Å². The van der Waals surface area contributed by atoms with Crippen molar-refractivity contribution in [1.82, 2.24) is 0 Å². The fourth-order valence-corrected chi connectivity index (χ4v) is 1.89. The van der Waals surface area contributed by atoms with E-state index in [0.29, 0.717) is 0 Å². The second-order valence-corrected chi connectivity index (χ2v) is 4.49. The average molecular weight is 271 g/mol. The second kappa shape index (κ2) is 5.07. The van der Waals surface area contributed by atoms with Gasteiger partial charge in [0, 0.05) is 0 Å². The SMILES string of the molecule is CC1C=CC=CC1Nc1cc(C(F)(F)F)ccc1F. The van der Waals surface area contributed by atoms with Crippen LogP contribution in [0, 0.1) is 11.7 Å². The third kappa shape index (κ3) is 3.16. The molecular weight excluding hydrogens is 258 g/mol. The third-order valence-corrected chi connectivity index (χ3v) is 3.03. The number of halogens is 4. The summed E-state index contributed by atoms with van der Waals surface area (Å²) in [6.07, 6.45) is 2.86. The molecule has 102 valence electrons. The van der Waals surface area contributed by atoms with Crippen LogP contribution in [0.4, 0.5) is 23.2 Å². The maximum atomic E-state index is 13.6. The van der Waals surface area contributed by atoms with Gasteiger partial charge in [0.15, 0.2) is 0 Å². The van der Waals surface area contributed by atoms with E-state index < -0.39 is 17.6 Å². The maximum Gasteiger partial charge on any atom is 0.416 e. The number of hydrogen-bond donors (Lipinski definition) is 1. The van der Waals surface area contributed by atoms with Gasteiger partial charge in [-0.1, -0.05) is 31.2 Å². The summed E-state index contributed by atoms with van der Waals surface area (Å²) < 4.78 is 51.3. The van der Waals surface area contributed by atoms with E-state index in [2.05, 4.69) is 5.32 Å². The molecule has 1 aliphatic rings. The quantitative estimate of drug-likeness (QED) is 0.787. The van der Waals surface area contributed by atoms with E-state index in [-0.39, 0.29) is 17.6 Å². The normalized spacial score (nSPS) is 22.6. The van der Waals surface area contributed by atoms with Gasteiger partial charge in [0.25, 0.3) is 0 Å². The van der Waals surface area contributed by atoms with Crippen LogP contribution in [0.2, 0.25) is 0 Å². The van der Waals surface area contributed by atoms with Crippen LogP contribution in [0.3, 0.4) is 0 Å². The highest BCUT2D eigenvalue weighted by Gasteiger charge is 2.31. The molecule has 0 saturated heterocycles. The fraction of sp³-hybridized carbons (Fsp3) is 0.286. The number of nitrogens with one attached hydrogen (secondary N) is 1. The summed E-state index contributed by atoms with van der Waals surface area (Å²) in [5.41, 5.74) is -0.994. The van der Waals surface area contributed by atoms with Gasteiger partial charge in [-0.3, -0.25) is 0 Å². The Labute approximate surface area is 108 Å². The Kier molecular flexibility index (Phi) is 3.64. The van der Waals surface area contributed by atoms with Gasteiger partial charge in [-0.25, -0.2) is 4.39 Å². The number of allylic oxidation sites excluding steroid dienone is 2. The molecule has 1 aliphatic carbocycles. The first kappa shape index (κ1) is 13.6. The molecular formula is C14H13F4N. The van der Waals surface area contributed by atoms with Crippen LogP contribution in [-0.4, -0.2) is 6.04 Å². The van der Waals surface area contributed by atoms with Gasteiger partial charge in [0.2, 0.25) is 0 Å². The Morgan fingerprint density at radius 2 is 1.79 bits per heavy atom. The summed E-state index contributed by atoms with van der Waals surface area (Å²) in [6.45, 7) is 1.91. The lowest BCUT2D eigenvalue weighted by molar-refractivity contribution is -0.137. The summed E-state index contributed by atoms with van der Waals surface area (Å²) in [5, 5.41) is 2.80. The van der Waals surface area contributed by atoms with Gasteiger partial charge >= 0.3 is 6.18 Å². The minimum atomic E-state index is -4.47. The van der Waals surface area contributed by atoms with Crippen LogP contribution in [0.15, 0.2) is 42.5 Å². The fourth-order valence-electron chi connectivity index (χ4n) is 1.89. The molecule has 1 aromatic rings. The van der Waals surface area contributed by atoms with Crippen molar-refractivity contribution in [2.45, 2.75) is 19.1 Å². The van der Waals surface area contributed by atoms with Gasteiger partial charge < -0.3 is 5.32 Å². The van der Waals surface area contributed by atoms with E-state index in [4.69, 9.17) is 0 Å². The van der Waals surface area contributed by atoms with Crippen LogP contribution in [-0.2, 0) is 6.18 Å². The van der Waals surface area contributed by atoms with Gasteiger partial charge in [-0.15, -0.1) is 0 Å². The number of alkyl halides is 3. The van der Waals surface area contributed by atoms with E-state index in [1.807, 2.05) is 19.1 Å². The molecule has 5 heteroatoms. The molecule has 0 spiro atoms. The highest BCUT2D eigenvalue weighted by atomic mass is 19.4. The molecule has 0 aromatic heterocycles. The molecule has 0 heterocycles. The highest BCUT2D eigenvalue weighted by Crippen LogP contribution is 2.32. The molecule has 0 radical (unpaired) electrons. The Bertz CT molecular complexity index is 517. The molecule has 1 nitrogen and oxygen atoms in total. The number of hydrogen-bond acceptors (Lipinski definition) is 1. The van der Waals surface area contributed by atoms with Crippen LogP contribution in [0.25, 0.3) is 0 Å². The number of anilines is 1. The molecule has 0 fully saturated rings. The van der Waals surface area contributed by atoms with Crippen LogP contribution in [0.1, 0.15) is 12.5 Å². The Morgan fingerprint density at radius 1 is 1.11 bits per heavy atom. The van der Waals surface area contributed by atoms with Crippen molar-refractivity contribution in [3.63, 3.8) is 0 Å². The lowest BCUT2D eigenvalue weighted by Gasteiger charge is -2.23. The van der Waals surface area contributed by atoms with Gasteiger partial charge in [0.05, 0.1) is 17.3 Å². The molecule has 0 amide bonds. The Hall–Kier alpha value is -1.78. The van der Waals surface area contributed by atoms with Crippen molar-refractivity contribution in [3.05, 3.63) is 53.9 Å². The van der Waals surface area contributed by atoms with E-state index in [9.17, 15) is 17.6 Å². The zero-order chi connectivity index (χ0) is 14.0. The molecule has 2 unspecified atom stereocenters. The van der Waals surface area contributed by atoms with E-state index in [0.717, 1.165) is 18.2 Å². The van der Waals surface area contributed by atoms with E-state index in [1.165, 1.54) is 0 Å². The average Bonchev–Trinajstić information content (AvgIpc) is 2.33. The standard InChI is InChI=1S/C14H13F4N/c1-9-4-2-3-5-12(9)19-13-8-10(14(16,17)18)6-7-11(13)15/h2-9,12,19H,1H3. The number of benzene rings is 1. The van der Waals surface area contributed by atoms with E-state index in [1.54, 1.807) is 12.2 Å². The first-order valence-corrected chi connectivity index (χ1v) is 5.86. The van der Waals surface area contributed by atoms with Gasteiger partial charge in [0.1, 0.15) is 5.82 Å². The Balaban J connectivity index is 2.25. The molecule has 19 heavy (non-hydrogen) atoms. The van der Waals surface area contributed by atoms with Crippen molar-refractivity contribution in [1.29, 1.82) is 0 Å². The molecule has 0 bridgehead atoms. The van der Waals surface area contributed by atoms with Crippen LogP contribution >= 0.6 is 0 Å². The first-order valence-electron chi connectivity index (χ1n) is 5.86. The van der Waals surface area contributed by atoms with Crippen molar-refractivity contribution >= 4 is 5.69 Å². The van der Waals surface area contributed by atoms with Crippen molar-refractivity contribution in [3.8, 4) is 0 Å². The monoisotopic (exact) mass is 271 g/mol. The summed E-state index contributed by atoms with van der Waals surface area (Å²) >= 11 is 0. The zero-order valence-electron chi connectivity index (χ0n) is 10.2. The lowest BCUT2D eigenvalue weighted by atomic mass is 9.97. The molecule has 2 rings (SSSR count). The van der Waals surface area contributed by atoms with Crippen molar-refractivity contribution in [2.75, 3.05) is 5.32 Å². The lowest BCUT2D eigenvalue weighted by Crippen LogP contribution is -2.26. The Morgan fingerprint density at radius 3 is 2.42 bits per heavy atom. The topological polar surface area (TPSA) is 12.0 Å². The predicted molar refractivity (Wildman–Crippen MR) is 66.3 cm³/mol. The van der Waals surface area contributed by atoms with Gasteiger partial charge in [-0.05, 0) is 24.1 Å². The molecule has 0 saturated carbocycles. The summed E-state index contributed by atoms with van der Waals surface area (Å²) in [5.74, 6) is -0.609. The van der Waals surface area contributed by atoms with Gasteiger partial charge in [-0.2, -0.15) is 13.2 Å². The zero-order valence-corrected chi connectivity index (χ0v) is 10.2. The smallest absolute Gasteiger partial charge is 0.376 e. The van der Waals surface area contributed by atoms with Crippen LogP contribution in [0.5, 0.6) is 0 Å². The maximum absolute atomic E-state index is 13.6. The minimum Gasteiger partial charge on any atom is -0.376 e. The second-order valence-electron chi connectivity index (χ2n) is 4.49. The first-order chi connectivity index (χ1) is 8.88. The minimum absolute atomic E-state index is 0.0824. The predicted octanol–water partition coefficient (Wildman–Crippen LogP) is 4.39. The largest absolute Gasteiger partial charge is 0.416 e. The summed E-state index contributed by atoms with van der Waals surface area (Å²) in [6, 6.07) is 2.15. The third-order valence-electron chi connectivity index (χ3n) is 3.03. The molecule has 2 atom stereocenters. The van der Waals surface area contributed by atoms with E-state index >= 15 is 0 Å². The highest BCUT2D eigenvalue weighted by molar-refractivity contribution is 5.50. The molecule has 1 aromatic carbocycles.